The third kappa shape index (κ3) is 9.74. The quantitative estimate of drug-likeness (QED) is 0.470. The standard InChI is InChI=1S/C7H14.C5H10/c1-5-6-7(2,3)4;1-5(2)3-4-5/h5-6H,1-4H3;3-4H2,1-2H3. The minimum absolute atomic E-state index is 0.370. The van der Waals surface area contributed by atoms with Crippen LogP contribution in [0.5, 0.6) is 0 Å². The first-order valence-electron chi connectivity index (χ1n) is 4.91. The van der Waals surface area contributed by atoms with E-state index >= 15 is 0 Å². The first kappa shape index (κ1) is 11.7. The Morgan fingerprint density at radius 1 is 1.08 bits per heavy atom. The SMILES string of the molecule is CC1(C)CC1.CC=CC(C)(C)C. The monoisotopic (exact) mass is 168 g/mol. The van der Waals surface area contributed by atoms with Crippen molar-refractivity contribution in [1.29, 1.82) is 0 Å². The van der Waals surface area contributed by atoms with Gasteiger partial charge in [-0.3, -0.25) is 0 Å². The average molecular weight is 168 g/mol. The van der Waals surface area contributed by atoms with Crippen LogP contribution in [0, 0.1) is 10.8 Å². The Morgan fingerprint density at radius 2 is 1.42 bits per heavy atom. The zero-order valence-electron chi connectivity index (χ0n) is 9.57. The van der Waals surface area contributed by atoms with Crippen LogP contribution in [0.2, 0.25) is 0 Å². The van der Waals surface area contributed by atoms with Crippen molar-refractivity contribution in [2.45, 2.75) is 54.4 Å². The smallest absolute Gasteiger partial charge is 0.0203 e. The third-order valence-electron chi connectivity index (χ3n) is 1.92. The van der Waals surface area contributed by atoms with Gasteiger partial charge in [-0.05, 0) is 30.6 Å². The summed E-state index contributed by atoms with van der Waals surface area (Å²) in [6.45, 7) is 13.2. The van der Waals surface area contributed by atoms with Crippen LogP contribution < -0.4 is 0 Å². The predicted molar refractivity (Wildman–Crippen MR) is 57.3 cm³/mol. The summed E-state index contributed by atoms with van der Waals surface area (Å²) in [6, 6.07) is 0. The van der Waals surface area contributed by atoms with Crippen molar-refractivity contribution in [2.75, 3.05) is 0 Å². The van der Waals surface area contributed by atoms with E-state index in [1.807, 2.05) is 6.92 Å². The van der Waals surface area contributed by atoms with Gasteiger partial charge in [0.05, 0.1) is 0 Å². The van der Waals surface area contributed by atoms with Crippen LogP contribution in [-0.4, -0.2) is 0 Å². The van der Waals surface area contributed by atoms with Crippen molar-refractivity contribution in [3.63, 3.8) is 0 Å². The molecule has 0 spiro atoms. The largest absolute Gasteiger partial charge is 0.0911 e. The molecule has 0 aliphatic heterocycles. The minimum atomic E-state index is 0.370. The van der Waals surface area contributed by atoms with Gasteiger partial charge in [0.15, 0.2) is 0 Å². The molecule has 0 unspecified atom stereocenters. The zero-order chi connectivity index (χ0) is 9.83. The van der Waals surface area contributed by atoms with Gasteiger partial charge < -0.3 is 0 Å². The number of allylic oxidation sites excluding steroid dienone is 2. The number of rotatable bonds is 0. The summed E-state index contributed by atoms with van der Waals surface area (Å²) in [5, 5.41) is 0. The molecule has 1 saturated carbocycles. The molecule has 0 aromatic rings. The maximum atomic E-state index is 2.30. The predicted octanol–water partition coefficient (Wildman–Crippen LogP) is 4.42. The lowest BCUT2D eigenvalue weighted by Gasteiger charge is -2.09. The van der Waals surface area contributed by atoms with E-state index in [1.54, 1.807) is 0 Å². The summed E-state index contributed by atoms with van der Waals surface area (Å²) in [6.07, 6.45) is 7.17. The van der Waals surface area contributed by atoms with Gasteiger partial charge in [-0.15, -0.1) is 0 Å². The van der Waals surface area contributed by atoms with Crippen LogP contribution in [0.4, 0.5) is 0 Å². The molecule has 0 bridgehead atoms. The summed E-state index contributed by atoms with van der Waals surface area (Å²) in [7, 11) is 0. The maximum Gasteiger partial charge on any atom is -0.0203 e. The molecule has 0 atom stereocenters. The topological polar surface area (TPSA) is 0 Å². The zero-order valence-corrected chi connectivity index (χ0v) is 9.57. The van der Waals surface area contributed by atoms with Crippen LogP contribution in [0.15, 0.2) is 12.2 Å². The van der Waals surface area contributed by atoms with Gasteiger partial charge in [0.1, 0.15) is 0 Å². The van der Waals surface area contributed by atoms with Gasteiger partial charge in [-0.1, -0.05) is 46.8 Å². The Balaban J connectivity index is 0.000000211. The lowest BCUT2D eigenvalue weighted by molar-refractivity contribution is 0.543. The highest BCUT2D eigenvalue weighted by Crippen LogP contribution is 2.43. The van der Waals surface area contributed by atoms with E-state index in [0.29, 0.717) is 5.41 Å². The maximum absolute atomic E-state index is 2.30. The van der Waals surface area contributed by atoms with E-state index in [0.717, 1.165) is 5.41 Å². The van der Waals surface area contributed by atoms with E-state index in [2.05, 4.69) is 46.8 Å². The van der Waals surface area contributed by atoms with E-state index in [1.165, 1.54) is 12.8 Å². The Bertz CT molecular complexity index is 138. The highest BCUT2D eigenvalue weighted by molar-refractivity contribution is 4.89. The lowest BCUT2D eigenvalue weighted by atomic mass is 9.97. The van der Waals surface area contributed by atoms with Crippen molar-refractivity contribution >= 4 is 0 Å². The Labute approximate surface area is 78.1 Å². The van der Waals surface area contributed by atoms with Crippen molar-refractivity contribution in [3.8, 4) is 0 Å². The fraction of sp³-hybridized carbons (Fsp3) is 0.833. The van der Waals surface area contributed by atoms with E-state index in [4.69, 9.17) is 0 Å². The molecule has 1 aliphatic rings. The van der Waals surface area contributed by atoms with Gasteiger partial charge in [0.2, 0.25) is 0 Å². The highest BCUT2D eigenvalue weighted by atomic mass is 14.4. The van der Waals surface area contributed by atoms with E-state index in [9.17, 15) is 0 Å². The number of hydrogen-bond donors (Lipinski definition) is 0. The van der Waals surface area contributed by atoms with Crippen LogP contribution in [0.25, 0.3) is 0 Å². The van der Waals surface area contributed by atoms with Crippen molar-refractivity contribution < 1.29 is 0 Å². The van der Waals surface area contributed by atoms with Crippen molar-refractivity contribution in [3.05, 3.63) is 12.2 Å². The van der Waals surface area contributed by atoms with Gasteiger partial charge >= 0.3 is 0 Å². The molecule has 0 heteroatoms. The molecule has 1 aliphatic carbocycles. The fourth-order valence-corrected chi connectivity index (χ4v) is 0.750. The molecule has 1 fully saturated rings. The van der Waals surface area contributed by atoms with Gasteiger partial charge in [-0.25, -0.2) is 0 Å². The minimum Gasteiger partial charge on any atom is -0.0911 e. The average Bonchev–Trinajstić information content (AvgIpc) is 2.44. The van der Waals surface area contributed by atoms with Crippen LogP contribution in [0.3, 0.4) is 0 Å². The molecule has 72 valence electrons. The summed E-state index contributed by atoms with van der Waals surface area (Å²) in [4.78, 5) is 0. The second kappa shape index (κ2) is 4.11. The third-order valence-corrected chi connectivity index (χ3v) is 1.92. The van der Waals surface area contributed by atoms with Gasteiger partial charge in [-0.2, -0.15) is 0 Å². The second-order valence-corrected chi connectivity index (χ2v) is 5.53. The Hall–Kier alpha value is -0.260. The summed E-state index contributed by atoms with van der Waals surface area (Å²) < 4.78 is 0. The summed E-state index contributed by atoms with van der Waals surface area (Å²) in [5.74, 6) is 0. The normalized spacial score (nSPS) is 20.2. The molecule has 0 amide bonds. The van der Waals surface area contributed by atoms with Gasteiger partial charge in [0.25, 0.3) is 0 Å². The molecule has 0 radical (unpaired) electrons. The molecule has 0 nitrogen and oxygen atoms in total. The Morgan fingerprint density at radius 3 is 1.42 bits per heavy atom. The first-order valence-corrected chi connectivity index (χ1v) is 4.91. The van der Waals surface area contributed by atoms with Crippen molar-refractivity contribution in [1.82, 2.24) is 0 Å². The highest BCUT2D eigenvalue weighted by Gasteiger charge is 2.30. The molecule has 12 heavy (non-hydrogen) atoms. The van der Waals surface area contributed by atoms with E-state index < -0.39 is 0 Å². The Kier molecular flexibility index (Phi) is 4.02. The second-order valence-electron chi connectivity index (χ2n) is 5.53. The molecule has 0 aromatic carbocycles. The number of hydrogen-bond acceptors (Lipinski definition) is 0. The first-order chi connectivity index (χ1) is 5.27. The molecule has 0 N–H and O–H groups in total. The fourth-order valence-electron chi connectivity index (χ4n) is 0.750. The van der Waals surface area contributed by atoms with Crippen LogP contribution in [-0.2, 0) is 0 Å². The molecule has 0 aromatic heterocycles. The molecule has 0 saturated heterocycles. The molecule has 0 heterocycles. The summed E-state index contributed by atoms with van der Waals surface area (Å²) >= 11 is 0. The van der Waals surface area contributed by atoms with Crippen LogP contribution >= 0.6 is 0 Å². The molecule has 1 rings (SSSR count). The molecular formula is C12H24. The van der Waals surface area contributed by atoms with E-state index in [-0.39, 0.29) is 0 Å². The molecular weight excluding hydrogens is 144 g/mol. The van der Waals surface area contributed by atoms with Gasteiger partial charge in [0, 0.05) is 0 Å². The lowest BCUT2D eigenvalue weighted by Crippen LogP contribution is -1.97. The van der Waals surface area contributed by atoms with Crippen LogP contribution in [0.1, 0.15) is 54.4 Å². The summed E-state index contributed by atoms with van der Waals surface area (Å²) in [5.41, 5.74) is 1.12. The van der Waals surface area contributed by atoms with Crippen molar-refractivity contribution in [2.24, 2.45) is 10.8 Å².